The maximum atomic E-state index is 5.88. The third-order valence-electron chi connectivity index (χ3n) is 3.00. The Kier molecular flexibility index (Phi) is 4.74. The van der Waals surface area contributed by atoms with E-state index in [1.165, 1.54) is 7.11 Å². The van der Waals surface area contributed by atoms with Crippen LogP contribution in [0.4, 0.5) is 5.69 Å². The molecule has 0 aliphatic rings. The molecule has 0 spiro atoms. The van der Waals surface area contributed by atoms with E-state index in [1.54, 1.807) is 0 Å². The fraction of sp³-hybridized carbons (Fsp3) is 0.357. The van der Waals surface area contributed by atoms with Gasteiger partial charge in [-0.15, -0.1) is 0 Å². The molecule has 0 bridgehead atoms. The van der Waals surface area contributed by atoms with Gasteiger partial charge in [-0.3, -0.25) is 0 Å². The predicted molar refractivity (Wildman–Crippen MR) is 80.4 cm³/mol. The SMILES string of the molecule is CCN(CC)c1cccc(-c2nc(Cl)nc(OC)n2)c1. The normalized spacial score (nSPS) is 10.4. The lowest BCUT2D eigenvalue weighted by Crippen LogP contribution is -2.21. The molecule has 0 N–H and O–H groups in total. The number of aromatic nitrogens is 3. The molecule has 1 aromatic carbocycles. The van der Waals surface area contributed by atoms with E-state index >= 15 is 0 Å². The molecule has 0 radical (unpaired) electrons. The Bertz CT molecular complexity index is 587. The number of methoxy groups -OCH3 is 1. The molecular weight excluding hydrogens is 276 g/mol. The van der Waals surface area contributed by atoms with E-state index in [0.717, 1.165) is 24.3 Å². The molecule has 2 rings (SSSR count). The lowest BCUT2D eigenvalue weighted by molar-refractivity contribution is 0.379. The van der Waals surface area contributed by atoms with E-state index in [-0.39, 0.29) is 11.3 Å². The van der Waals surface area contributed by atoms with Gasteiger partial charge < -0.3 is 9.64 Å². The summed E-state index contributed by atoms with van der Waals surface area (Å²) in [6, 6.07) is 8.24. The second-order valence-electron chi connectivity index (χ2n) is 4.14. The Labute approximate surface area is 123 Å². The Balaban J connectivity index is 2.42. The number of anilines is 1. The van der Waals surface area contributed by atoms with Crippen molar-refractivity contribution in [1.29, 1.82) is 0 Å². The van der Waals surface area contributed by atoms with Crippen LogP contribution in [0, 0.1) is 0 Å². The zero-order valence-corrected chi connectivity index (χ0v) is 12.6. The number of hydrogen-bond donors (Lipinski definition) is 0. The lowest BCUT2D eigenvalue weighted by Gasteiger charge is -2.21. The number of ether oxygens (including phenoxy) is 1. The van der Waals surface area contributed by atoms with Crippen molar-refractivity contribution in [3.8, 4) is 17.4 Å². The summed E-state index contributed by atoms with van der Waals surface area (Å²) in [5.41, 5.74) is 2.01. The van der Waals surface area contributed by atoms with Crippen LogP contribution in [0.15, 0.2) is 24.3 Å². The first-order valence-electron chi connectivity index (χ1n) is 6.48. The van der Waals surface area contributed by atoms with Gasteiger partial charge in [0.25, 0.3) is 0 Å². The van der Waals surface area contributed by atoms with Crippen molar-refractivity contribution in [3.05, 3.63) is 29.5 Å². The second kappa shape index (κ2) is 6.52. The van der Waals surface area contributed by atoms with Crippen LogP contribution < -0.4 is 9.64 Å². The van der Waals surface area contributed by atoms with Crippen LogP contribution in [-0.2, 0) is 0 Å². The third-order valence-corrected chi connectivity index (χ3v) is 3.17. The van der Waals surface area contributed by atoms with Crippen LogP contribution in [0.25, 0.3) is 11.4 Å². The highest BCUT2D eigenvalue weighted by atomic mass is 35.5. The molecule has 1 aromatic heterocycles. The molecule has 20 heavy (non-hydrogen) atoms. The number of rotatable bonds is 5. The molecule has 0 atom stereocenters. The maximum Gasteiger partial charge on any atom is 0.321 e. The fourth-order valence-electron chi connectivity index (χ4n) is 1.98. The quantitative estimate of drug-likeness (QED) is 0.848. The summed E-state index contributed by atoms with van der Waals surface area (Å²) < 4.78 is 5.02. The highest BCUT2D eigenvalue weighted by Crippen LogP contribution is 2.24. The van der Waals surface area contributed by atoms with Gasteiger partial charge in [0.1, 0.15) is 0 Å². The first-order chi connectivity index (χ1) is 9.67. The molecule has 0 saturated heterocycles. The van der Waals surface area contributed by atoms with Gasteiger partial charge >= 0.3 is 6.01 Å². The van der Waals surface area contributed by atoms with Gasteiger partial charge in [-0.05, 0) is 37.6 Å². The zero-order chi connectivity index (χ0) is 14.5. The van der Waals surface area contributed by atoms with Crippen molar-refractivity contribution >= 4 is 17.3 Å². The fourth-order valence-corrected chi connectivity index (χ4v) is 2.14. The van der Waals surface area contributed by atoms with Crippen molar-refractivity contribution < 1.29 is 4.74 Å². The van der Waals surface area contributed by atoms with E-state index in [9.17, 15) is 0 Å². The molecule has 106 valence electrons. The summed E-state index contributed by atoms with van der Waals surface area (Å²) in [6.07, 6.45) is 0. The topological polar surface area (TPSA) is 51.1 Å². The first kappa shape index (κ1) is 14.5. The largest absolute Gasteiger partial charge is 0.467 e. The van der Waals surface area contributed by atoms with Gasteiger partial charge in [0.15, 0.2) is 5.82 Å². The van der Waals surface area contributed by atoms with E-state index in [0.29, 0.717) is 5.82 Å². The van der Waals surface area contributed by atoms with Gasteiger partial charge in [-0.1, -0.05) is 12.1 Å². The molecule has 0 aliphatic heterocycles. The van der Waals surface area contributed by atoms with Crippen molar-refractivity contribution in [2.24, 2.45) is 0 Å². The summed E-state index contributed by atoms with van der Waals surface area (Å²) in [5, 5.41) is 0.125. The van der Waals surface area contributed by atoms with Crippen LogP contribution in [0.3, 0.4) is 0 Å². The third kappa shape index (κ3) is 3.17. The van der Waals surface area contributed by atoms with E-state index < -0.39 is 0 Å². The summed E-state index contributed by atoms with van der Waals surface area (Å²) in [4.78, 5) is 14.5. The van der Waals surface area contributed by atoms with Gasteiger partial charge in [0.2, 0.25) is 5.28 Å². The van der Waals surface area contributed by atoms with Crippen molar-refractivity contribution in [1.82, 2.24) is 15.0 Å². The minimum atomic E-state index is 0.125. The van der Waals surface area contributed by atoms with Gasteiger partial charge in [-0.2, -0.15) is 15.0 Å². The first-order valence-corrected chi connectivity index (χ1v) is 6.86. The van der Waals surface area contributed by atoms with E-state index in [4.69, 9.17) is 16.3 Å². The Morgan fingerprint density at radius 3 is 2.55 bits per heavy atom. The summed E-state index contributed by atoms with van der Waals surface area (Å²) in [5.74, 6) is 0.510. The number of hydrogen-bond acceptors (Lipinski definition) is 5. The second-order valence-corrected chi connectivity index (χ2v) is 4.48. The van der Waals surface area contributed by atoms with Crippen LogP contribution in [0.1, 0.15) is 13.8 Å². The van der Waals surface area contributed by atoms with Gasteiger partial charge in [-0.25, -0.2) is 0 Å². The standard InChI is InChI=1S/C14H17ClN4O/c1-4-19(5-2)11-8-6-7-10(9-11)12-16-13(15)18-14(17-12)20-3/h6-9H,4-5H2,1-3H3. The molecule has 1 heterocycles. The zero-order valence-electron chi connectivity index (χ0n) is 11.8. The van der Waals surface area contributed by atoms with Gasteiger partial charge in [0, 0.05) is 24.3 Å². The Morgan fingerprint density at radius 1 is 1.15 bits per heavy atom. The molecule has 0 saturated carbocycles. The highest BCUT2D eigenvalue weighted by molar-refractivity contribution is 6.28. The Hall–Kier alpha value is -1.88. The number of halogens is 1. The minimum Gasteiger partial charge on any atom is -0.467 e. The number of benzene rings is 1. The van der Waals surface area contributed by atoms with Crippen molar-refractivity contribution in [2.45, 2.75) is 13.8 Å². The molecule has 2 aromatic rings. The van der Waals surface area contributed by atoms with Crippen molar-refractivity contribution in [3.63, 3.8) is 0 Å². The molecule has 0 fully saturated rings. The molecule has 0 unspecified atom stereocenters. The molecule has 6 heteroatoms. The van der Waals surface area contributed by atoms with Crippen LogP contribution in [0.5, 0.6) is 6.01 Å². The Morgan fingerprint density at radius 2 is 1.90 bits per heavy atom. The smallest absolute Gasteiger partial charge is 0.321 e. The van der Waals surface area contributed by atoms with Crippen LogP contribution >= 0.6 is 11.6 Å². The highest BCUT2D eigenvalue weighted by Gasteiger charge is 2.09. The minimum absolute atomic E-state index is 0.125. The summed E-state index contributed by atoms with van der Waals surface area (Å²) in [6.45, 7) is 6.14. The summed E-state index contributed by atoms with van der Waals surface area (Å²) in [7, 11) is 1.50. The lowest BCUT2D eigenvalue weighted by atomic mass is 10.1. The van der Waals surface area contributed by atoms with E-state index in [2.05, 4.69) is 39.8 Å². The molecular formula is C14H17ClN4O. The van der Waals surface area contributed by atoms with E-state index in [1.807, 2.05) is 18.2 Å². The summed E-state index contributed by atoms with van der Waals surface area (Å²) >= 11 is 5.88. The van der Waals surface area contributed by atoms with Crippen LogP contribution in [-0.4, -0.2) is 35.2 Å². The average Bonchev–Trinajstić information content (AvgIpc) is 2.48. The van der Waals surface area contributed by atoms with Crippen molar-refractivity contribution in [2.75, 3.05) is 25.1 Å². The average molecular weight is 293 g/mol. The molecule has 0 aliphatic carbocycles. The maximum absolute atomic E-state index is 5.88. The molecule has 5 nitrogen and oxygen atoms in total. The van der Waals surface area contributed by atoms with Gasteiger partial charge in [0.05, 0.1) is 7.11 Å². The van der Waals surface area contributed by atoms with Crippen LogP contribution in [0.2, 0.25) is 5.28 Å². The molecule has 0 amide bonds. The predicted octanol–water partition coefficient (Wildman–Crippen LogP) is 3.05. The number of nitrogens with zero attached hydrogens (tertiary/aromatic N) is 4. The monoisotopic (exact) mass is 292 g/mol.